The normalized spacial score (nSPS) is 10.5. The number of amides is 1. The molecule has 224 valence electrons. The summed E-state index contributed by atoms with van der Waals surface area (Å²) in [5, 5.41) is 23.4. The molecule has 0 aliphatic heterocycles. The summed E-state index contributed by atoms with van der Waals surface area (Å²) >= 11 is 0. The molecule has 0 aromatic heterocycles. The summed E-state index contributed by atoms with van der Waals surface area (Å²) in [7, 11) is 0. The van der Waals surface area contributed by atoms with Gasteiger partial charge in [0.05, 0.1) is 5.69 Å². The number of rotatable bonds is 5. The van der Waals surface area contributed by atoms with Gasteiger partial charge in [-0.05, 0) is 45.0 Å². The molecule has 0 atom stereocenters. The van der Waals surface area contributed by atoms with Gasteiger partial charge < -0.3 is 19.9 Å². The van der Waals surface area contributed by atoms with Crippen molar-refractivity contribution in [2.24, 2.45) is 0 Å². The van der Waals surface area contributed by atoms with Crippen molar-refractivity contribution in [3.8, 4) is 23.6 Å². The van der Waals surface area contributed by atoms with Crippen molar-refractivity contribution in [1.82, 2.24) is 0 Å². The first-order valence-electron chi connectivity index (χ1n) is 12.6. The first-order chi connectivity index (χ1) is 20.3. The smallest absolute Gasteiger partial charge is 0.446 e. The van der Waals surface area contributed by atoms with Gasteiger partial charge in [0, 0.05) is 27.2 Å². The van der Waals surface area contributed by atoms with Crippen molar-refractivity contribution in [2.45, 2.75) is 32.5 Å². The minimum Gasteiger partial charge on any atom is -0.478 e. The summed E-state index contributed by atoms with van der Waals surface area (Å²) in [6.07, 6.45) is -6.21. The van der Waals surface area contributed by atoms with Crippen molar-refractivity contribution >= 4 is 45.3 Å². The summed E-state index contributed by atoms with van der Waals surface area (Å²) in [5.74, 6) is 1.30. The number of anilines is 2. The van der Waals surface area contributed by atoms with Gasteiger partial charge in [0.25, 0.3) is 0 Å². The minimum atomic E-state index is -4.64. The Morgan fingerprint density at radius 1 is 0.814 bits per heavy atom. The predicted octanol–water partition coefficient (Wildman–Crippen LogP) is 7.16. The molecule has 4 aromatic carbocycles. The van der Waals surface area contributed by atoms with Crippen LogP contribution in [0.25, 0.3) is 21.5 Å². The van der Waals surface area contributed by atoms with Gasteiger partial charge in [-0.1, -0.05) is 48.5 Å². The Morgan fingerprint density at radius 3 is 1.72 bits per heavy atom. The van der Waals surface area contributed by atoms with E-state index in [1.54, 1.807) is 24.3 Å². The monoisotopic (exact) mass is 594 g/mol. The molecule has 0 saturated carbocycles. The fraction of sp³-hybridized carbons (Fsp3) is 0.226. The lowest BCUT2D eigenvalue weighted by Gasteiger charge is -2.20. The molecule has 4 aromatic rings. The number of nitrogens with one attached hydrogen (secondary N) is 1. The topological polar surface area (TPSA) is 147 Å². The maximum absolute atomic E-state index is 11.9. The third-order valence-electron chi connectivity index (χ3n) is 5.16. The number of nitriles is 2. The lowest BCUT2D eigenvalue weighted by molar-refractivity contribution is -0.156. The van der Waals surface area contributed by atoms with E-state index in [9.17, 15) is 18.0 Å². The molecule has 3 N–H and O–H groups in total. The molecule has 4 rings (SSSR count). The van der Waals surface area contributed by atoms with Crippen LogP contribution in [0.4, 0.5) is 29.3 Å². The predicted molar refractivity (Wildman–Crippen MR) is 157 cm³/mol. The number of ether oxygens (including phenoxy) is 3. The summed E-state index contributed by atoms with van der Waals surface area (Å²) in [4.78, 5) is 20.6. The van der Waals surface area contributed by atoms with Crippen LogP contribution in [0.5, 0.6) is 11.5 Å². The van der Waals surface area contributed by atoms with Crippen molar-refractivity contribution in [3.05, 3.63) is 72.8 Å². The van der Waals surface area contributed by atoms with Gasteiger partial charge in [-0.25, -0.2) is 4.79 Å². The van der Waals surface area contributed by atoms with Crippen molar-refractivity contribution in [1.29, 1.82) is 10.5 Å². The van der Waals surface area contributed by atoms with Crippen LogP contribution in [0.1, 0.15) is 20.8 Å². The Balaban J connectivity index is 0.000000264. The third kappa shape index (κ3) is 11.1. The Hall–Kier alpha value is -5.49. The van der Waals surface area contributed by atoms with Gasteiger partial charge in [0.2, 0.25) is 6.29 Å². The van der Waals surface area contributed by atoms with Gasteiger partial charge >= 0.3 is 12.3 Å². The molecule has 0 unspecified atom stereocenters. The van der Waals surface area contributed by atoms with E-state index in [1.807, 2.05) is 81.4 Å². The molecule has 0 spiro atoms. The molecule has 43 heavy (non-hydrogen) atoms. The van der Waals surface area contributed by atoms with Crippen molar-refractivity contribution in [2.75, 3.05) is 24.3 Å². The van der Waals surface area contributed by atoms with Gasteiger partial charge in [-0.15, -0.1) is 0 Å². The second kappa shape index (κ2) is 15.5. The molecule has 0 radical (unpaired) electrons. The number of fused-ring (bicyclic) bond motifs is 2. The number of hydrogen-bond acceptors (Lipinski definition) is 8. The van der Waals surface area contributed by atoms with Crippen LogP contribution in [0.15, 0.2) is 72.8 Å². The van der Waals surface area contributed by atoms with Gasteiger partial charge in [0.1, 0.15) is 29.2 Å². The fourth-order valence-corrected chi connectivity index (χ4v) is 3.56. The standard InChI is InChI=1S/C17H18N2O3.C12H10N2O.C2HF3O/c1-17(2,3)22-16(20)19-14-8-9-15(21-11-10-18)13-7-5-4-6-12(13)14;13-7-8-15-12-6-5-11(14)9-3-1-2-4-10(9)12;3-2(4,5)1-6/h4-9H,11H2,1-3H3,(H,19,20);1-6H,8,14H2;1H. The second-order valence-electron chi connectivity index (χ2n) is 9.54. The molecule has 1 amide bonds. The van der Waals surface area contributed by atoms with E-state index in [-0.39, 0.29) is 13.2 Å². The number of nitrogens with zero attached hydrogens (tertiary/aromatic N) is 2. The first kappa shape index (κ1) is 33.7. The summed E-state index contributed by atoms with van der Waals surface area (Å²) in [6.45, 7) is 5.45. The van der Waals surface area contributed by atoms with Crippen LogP contribution in [0.3, 0.4) is 0 Å². The van der Waals surface area contributed by atoms with Crippen LogP contribution < -0.4 is 20.5 Å². The molecular weight excluding hydrogens is 565 g/mol. The van der Waals surface area contributed by atoms with Gasteiger partial charge in [0.15, 0.2) is 13.2 Å². The van der Waals surface area contributed by atoms with Crippen LogP contribution >= 0.6 is 0 Å². The first-order valence-corrected chi connectivity index (χ1v) is 12.6. The third-order valence-corrected chi connectivity index (χ3v) is 5.16. The van der Waals surface area contributed by atoms with E-state index in [2.05, 4.69) is 5.32 Å². The lowest BCUT2D eigenvalue weighted by atomic mass is 10.1. The number of benzene rings is 4. The summed E-state index contributed by atoms with van der Waals surface area (Å²) in [6, 6.07) is 26.1. The van der Waals surface area contributed by atoms with E-state index < -0.39 is 24.2 Å². The molecule has 0 aliphatic rings. The molecule has 0 heterocycles. The van der Waals surface area contributed by atoms with Crippen LogP contribution in [0, 0.1) is 22.7 Å². The molecular formula is C31H29F3N4O5. The van der Waals surface area contributed by atoms with Crippen molar-refractivity contribution in [3.63, 3.8) is 0 Å². The zero-order chi connectivity index (χ0) is 32.0. The quantitative estimate of drug-likeness (QED) is 0.183. The Kier molecular flexibility index (Phi) is 12.1. The zero-order valence-electron chi connectivity index (χ0n) is 23.6. The summed E-state index contributed by atoms with van der Waals surface area (Å²) in [5.41, 5.74) is 6.62. The number of nitrogens with two attached hydrogens (primary N) is 1. The van der Waals surface area contributed by atoms with Gasteiger partial charge in [-0.2, -0.15) is 23.7 Å². The number of halogens is 3. The van der Waals surface area contributed by atoms with E-state index in [4.69, 9.17) is 35.3 Å². The Bertz CT molecular complexity index is 1640. The number of alkyl halides is 3. The van der Waals surface area contributed by atoms with Gasteiger partial charge in [-0.3, -0.25) is 10.1 Å². The van der Waals surface area contributed by atoms with E-state index >= 15 is 0 Å². The maximum Gasteiger partial charge on any atom is 0.446 e. The number of carbonyl (C=O) groups excluding carboxylic acids is 2. The molecule has 12 heteroatoms. The highest BCUT2D eigenvalue weighted by Gasteiger charge is 2.25. The van der Waals surface area contributed by atoms with Crippen molar-refractivity contribution < 1.29 is 37.0 Å². The fourth-order valence-electron chi connectivity index (χ4n) is 3.56. The molecule has 0 bridgehead atoms. The summed E-state index contributed by atoms with van der Waals surface area (Å²) < 4.78 is 47.2. The highest BCUT2D eigenvalue weighted by Crippen LogP contribution is 2.32. The van der Waals surface area contributed by atoms with E-state index in [1.165, 1.54) is 0 Å². The SMILES string of the molecule is CC(C)(C)OC(=O)Nc1ccc(OCC#N)c2ccccc12.N#CCOc1ccc(N)c2ccccc12.O=CC(F)(F)F. The van der Waals surface area contributed by atoms with Crippen LogP contribution in [-0.4, -0.2) is 37.4 Å². The largest absolute Gasteiger partial charge is 0.478 e. The van der Waals surface area contributed by atoms with E-state index in [0.29, 0.717) is 17.2 Å². The van der Waals surface area contributed by atoms with Crippen LogP contribution in [-0.2, 0) is 9.53 Å². The van der Waals surface area contributed by atoms with Crippen LogP contribution in [0.2, 0.25) is 0 Å². The molecule has 0 aliphatic carbocycles. The molecule has 0 saturated heterocycles. The average molecular weight is 595 g/mol. The Labute approximate surface area is 246 Å². The number of nitrogen functional groups attached to an aromatic ring is 1. The molecule has 0 fully saturated rings. The average Bonchev–Trinajstić information content (AvgIpc) is 2.96. The number of hydrogen-bond donors (Lipinski definition) is 2. The minimum absolute atomic E-state index is 0.0250. The Morgan fingerprint density at radius 2 is 1.26 bits per heavy atom. The number of aldehydes is 1. The highest BCUT2D eigenvalue weighted by atomic mass is 19.4. The number of carbonyl (C=O) groups is 2. The zero-order valence-corrected chi connectivity index (χ0v) is 23.6. The van der Waals surface area contributed by atoms with E-state index in [0.717, 1.165) is 27.2 Å². The second-order valence-corrected chi connectivity index (χ2v) is 9.54. The lowest BCUT2D eigenvalue weighted by Crippen LogP contribution is -2.27. The maximum atomic E-state index is 11.9. The molecule has 9 nitrogen and oxygen atoms in total. The highest BCUT2D eigenvalue weighted by molar-refractivity contribution is 6.02.